The SMILES string of the molecule is O=C(Nc1ccc(F)cc1)c1ccccc1Sc1c(Cl)cccc1[N+](=O)[O-]. The van der Waals surface area contributed by atoms with Gasteiger partial charge in [0.15, 0.2) is 0 Å². The highest BCUT2D eigenvalue weighted by atomic mass is 35.5. The van der Waals surface area contributed by atoms with Gasteiger partial charge in [0.1, 0.15) is 10.7 Å². The Morgan fingerprint density at radius 2 is 1.74 bits per heavy atom. The predicted octanol–water partition coefficient (Wildman–Crippen LogP) is 5.79. The number of anilines is 1. The summed E-state index contributed by atoms with van der Waals surface area (Å²) in [7, 11) is 0. The molecular weight excluding hydrogens is 391 g/mol. The molecule has 1 amide bonds. The molecule has 0 saturated heterocycles. The number of rotatable bonds is 5. The summed E-state index contributed by atoms with van der Waals surface area (Å²) in [6.07, 6.45) is 0. The van der Waals surface area contributed by atoms with E-state index in [2.05, 4.69) is 5.32 Å². The predicted molar refractivity (Wildman–Crippen MR) is 103 cm³/mol. The van der Waals surface area contributed by atoms with Crippen LogP contribution in [0.2, 0.25) is 5.02 Å². The smallest absolute Gasteiger partial charge is 0.284 e. The van der Waals surface area contributed by atoms with Gasteiger partial charge in [-0.25, -0.2) is 4.39 Å². The normalized spacial score (nSPS) is 10.4. The van der Waals surface area contributed by atoms with E-state index in [1.807, 2.05) is 0 Å². The third-order valence-corrected chi connectivity index (χ3v) is 5.22. The number of benzene rings is 3. The molecule has 0 aliphatic carbocycles. The highest BCUT2D eigenvalue weighted by Gasteiger charge is 2.20. The van der Waals surface area contributed by atoms with E-state index < -0.39 is 16.6 Å². The topological polar surface area (TPSA) is 72.2 Å². The molecule has 0 saturated carbocycles. The number of amides is 1. The zero-order chi connectivity index (χ0) is 19.4. The van der Waals surface area contributed by atoms with E-state index in [1.165, 1.54) is 36.4 Å². The molecule has 0 bridgehead atoms. The van der Waals surface area contributed by atoms with E-state index in [0.29, 0.717) is 16.1 Å². The molecule has 0 heterocycles. The van der Waals surface area contributed by atoms with Crippen LogP contribution in [-0.4, -0.2) is 10.8 Å². The number of hydrogen-bond acceptors (Lipinski definition) is 4. The van der Waals surface area contributed by atoms with Crippen LogP contribution in [0.25, 0.3) is 0 Å². The standard InChI is InChI=1S/C19H12ClFN2O3S/c20-15-5-3-6-16(23(25)26)18(15)27-17-7-2-1-4-14(17)19(24)22-13-10-8-12(21)9-11-13/h1-11H,(H,22,24). The first-order valence-corrected chi connectivity index (χ1v) is 8.92. The van der Waals surface area contributed by atoms with Crippen LogP contribution in [0.15, 0.2) is 76.5 Å². The summed E-state index contributed by atoms with van der Waals surface area (Å²) in [5, 5.41) is 14.2. The Hall–Kier alpha value is -2.90. The van der Waals surface area contributed by atoms with Crippen molar-refractivity contribution in [2.75, 3.05) is 5.32 Å². The number of hydrogen-bond donors (Lipinski definition) is 1. The van der Waals surface area contributed by atoms with Crippen molar-refractivity contribution in [1.82, 2.24) is 0 Å². The molecule has 3 rings (SSSR count). The first kappa shape index (κ1) is 18.9. The molecule has 0 radical (unpaired) electrons. The Morgan fingerprint density at radius 3 is 2.44 bits per heavy atom. The zero-order valence-electron chi connectivity index (χ0n) is 13.7. The van der Waals surface area contributed by atoms with Crippen molar-refractivity contribution in [2.24, 2.45) is 0 Å². The average molecular weight is 403 g/mol. The molecule has 0 unspecified atom stereocenters. The van der Waals surface area contributed by atoms with Crippen molar-refractivity contribution in [3.63, 3.8) is 0 Å². The summed E-state index contributed by atoms with van der Waals surface area (Å²) >= 11 is 7.18. The molecule has 136 valence electrons. The number of nitrogens with one attached hydrogen (secondary N) is 1. The second-order valence-electron chi connectivity index (χ2n) is 5.40. The van der Waals surface area contributed by atoms with E-state index >= 15 is 0 Å². The number of carbonyl (C=O) groups is 1. The van der Waals surface area contributed by atoms with Crippen LogP contribution in [0, 0.1) is 15.9 Å². The van der Waals surface area contributed by atoms with Gasteiger partial charge >= 0.3 is 0 Å². The van der Waals surface area contributed by atoms with Crippen molar-refractivity contribution in [3.8, 4) is 0 Å². The minimum atomic E-state index is -0.518. The lowest BCUT2D eigenvalue weighted by atomic mass is 10.2. The lowest BCUT2D eigenvalue weighted by Crippen LogP contribution is -2.13. The van der Waals surface area contributed by atoms with Crippen molar-refractivity contribution in [3.05, 3.63) is 93.2 Å². The van der Waals surface area contributed by atoms with E-state index in [4.69, 9.17) is 11.6 Å². The third-order valence-electron chi connectivity index (χ3n) is 3.59. The summed E-state index contributed by atoms with van der Waals surface area (Å²) < 4.78 is 13.0. The van der Waals surface area contributed by atoms with Crippen molar-refractivity contribution >= 4 is 40.6 Å². The van der Waals surface area contributed by atoms with E-state index in [9.17, 15) is 19.3 Å². The molecule has 0 aromatic heterocycles. The van der Waals surface area contributed by atoms with Crippen LogP contribution in [-0.2, 0) is 0 Å². The number of nitrogens with zero attached hydrogens (tertiary/aromatic N) is 1. The molecule has 5 nitrogen and oxygen atoms in total. The maximum atomic E-state index is 13.0. The first-order chi connectivity index (χ1) is 13.0. The Labute approximate surface area is 163 Å². The monoisotopic (exact) mass is 402 g/mol. The van der Waals surface area contributed by atoms with Gasteiger partial charge in [-0.2, -0.15) is 0 Å². The number of carbonyl (C=O) groups excluding carboxylic acids is 1. The van der Waals surface area contributed by atoms with Gasteiger partial charge < -0.3 is 5.32 Å². The Morgan fingerprint density at radius 1 is 1.04 bits per heavy atom. The highest BCUT2D eigenvalue weighted by Crippen LogP contribution is 2.41. The minimum Gasteiger partial charge on any atom is -0.322 e. The fourth-order valence-corrected chi connectivity index (χ4v) is 3.66. The summed E-state index contributed by atoms with van der Waals surface area (Å²) in [5.74, 6) is -0.825. The van der Waals surface area contributed by atoms with Crippen LogP contribution in [0.4, 0.5) is 15.8 Å². The second kappa shape index (κ2) is 8.20. The molecule has 0 spiro atoms. The highest BCUT2D eigenvalue weighted by molar-refractivity contribution is 7.99. The van der Waals surface area contributed by atoms with Gasteiger partial charge in [0.05, 0.1) is 15.5 Å². The van der Waals surface area contributed by atoms with Crippen LogP contribution in [0.1, 0.15) is 10.4 Å². The maximum Gasteiger partial charge on any atom is 0.284 e. The van der Waals surface area contributed by atoms with Gasteiger partial charge in [-0.05, 0) is 42.5 Å². The summed E-state index contributed by atoms with van der Waals surface area (Å²) in [5.41, 5.74) is 0.618. The van der Waals surface area contributed by atoms with Crippen molar-refractivity contribution in [2.45, 2.75) is 9.79 Å². The molecule has 8 heteroatoms. The molecule has 3 aromatic carbocycles. The Balaban J connectivity index is 1.92. The third kappa shape index (κ3) is 4.45. The molecule has 27 heavy (non-hydrogen) atoms. The molecule has 0 aliphatic heterocycles. The average Bonchev–Trinajstić information content (AvgIpc) is 2.65. The number of nitro benzene ring substituents is 1. The van der Waals surface area contributed by atoms with Crippen molar-refractivity contribution < 1.29 is 14.1 Å². The van der Waals surface area contributed by atoms with Gasteiger partial charge in [0.2, 0.25) is 0 Å². The maximum absolute atomic E-state index is 13.0. The molecule has 0 fully saturated rings. The fraction of sp³-hybridized carbons (Fsp3) is 0. The summed E-state index contributed by atoms with van der Waals surface area (Å²) in [6.45, 7) is 0. The van der Waals surface area contributed by atoms with Crippen molar-refractivity contribution in [1.29, 1.82) is 0 Å². The molecule has 3 aromatic rings. The van der Waals surface area contributed by atoms with Gasteiger partial charge in [-0.3, -0.25) is 14.9 Å². The Kier molecular flexibility index (Phi) is 5.73. The van der Waals surface area contributed by atoms with Gasteiger partial charge in [0.25, 0.3) is 11.6 Å². The lowest BCUT2D eigenvalue weighted by molar-refractivity contribution is -0.387. The molecule has 0 atom stereocenters. The number of nitro groups is 1. The molecular formula is C19H12ClFN2O3S. The fourth-order valence-electron chi connectivity index (χ4n) is 2.33. The quantitative estimate of drug-likeness (QED) is 0.433. The molecule has 1 N–H and O–H groups in total. The largest absolute Gasteiger partial charge is 0.322 e. The van der Waals surface area contributed by atoms with E-state index in [1.54, 1.807) is 30.3 Å². The zero-order valence-corrected chi connectivity index (χ0v) is 15.3. The van der Waals surface area contributed by atoms with Gasteiger partial charge in [-0.15, -0.1) is 0 Å². The summed E-state index contributed by atoms with van der Waals surface area (Å²) in [6, 6.07) is 16.5. The van der Waals surface area contributed by atoms with Gasteiger partial charge in [-0.1, -0.05) is 41.6 Å². The molecule has 0 aliphatic rings. The van der Waals surface area contributed by atoms with Crippen LogP contribution in [0.5, 0.6) is 0 Å². The van der Waals surface area contributed by atoms with E-state index in [-0.39, 0.29) is 15.6 Å². The van der Waals surface area contributed by atoms with Crippen LogP contribution in [0.3, 0.4) is 0 Å². The van der Waals surface area contributed by atoms with Crippen LogP contribution >= 0.6 is 23.4 Å². The Bertz CT molecular complexity index is 1010. The minimum absolute atomic E-state index is 0.138. The lowest BCUT2D eigenvalue weighted by Gasteiger charge is -2.11. The number of halogens is 2. The second-order valence-corrected chi connectivity index (χ2v) is 6.86. The van der Waals surface area contributed by atoms with E-state index in [0.717, 1.165) is 11.8 Å². The van der Waals surface area contributed by atoms with Crippen LogP contribution < -0.4 is 5.32 Å². The summed E-state index contributed by atoms with van der Waals surface area (Å²) in [4.78, 5) is 24.1. The van der Waals surface area contributed by atoms with Gasteiger partial charge in [0, 0.05) is 16.6 Å². The first-order valence-electron chi connectivity index (χ1n) is 7.72.